The Morgan fingerprint density at radius 2 is 1.69 bits per heavy atom. The number of aromatic nitrogens is 1. The second-order valence-electron chi connectivity index (χ2n) is 6.17. The fourth-order valence-electron chi connectivity index (χ4n) is 2.81. The first kappa shape index (κ1) is 19.2. The van der Waals surface area contributed by atoms with Gasteiger partial charge in [0.25, 0.3) is 0 Å². The van der Waals surface area contributed by atoms with Crippen molar-refractivity contribution < 1.29 is 10.2 Å². The summed E-state index contributed by atoms with van der Waals surface area (Å²) in [6.07, 6.45) is 1.46. The average molecular weight is 466 g/mol. The van der Waals surface area contributed by atoms with Crippen LogP contribution in [0.2, 0.25) is 0 Å². The van der Waals surface area contributed by atoms with Crippen LogP contribution in [0.25, 0.3) is 16.9 Å². The van der Waals surface area contributed by atoms with Crippen molar-refractivity contribution in [3.63, 3.8) is 0 Å². The van der Waals surface area contributed by atoms with Gasteiger partial charge in [-0.2, -0.15) is 5.10 Å². The number of benzene rings is 3. The zero-order valence-electron chi connectivity index (χ0n) is 15.1. The number of hydrogen-bond acceptors (Lipinski definition) is 5. The third-order valence-corrected chi connectivity index (χ3v) is 5.56. The van der Waals surface area contributed by atoms with Gasteiger partial charge in [0.15, 0.2) is 0 Å². The predicted molar refractivity (Wildman–Crippen MR) is 120 cm³/mol. The van der Waals surface area contributed by atoms with Crippen molar-refractivity contribution in [2.75, 3.05) is 0 Å². The summed E-state index contributed by atoms with van der Waals surface area (Å²) in [5, 5.41) is 29.9. The Bertz CT molecular complexity index is 1230. The van der Waals surface area contributed by atoms with Crippen molar-refractivity contribution in [2.24, 2.45) is 10.2 Å². The molecule has 0 unspecified atom stereocenters. The minimum absolute atomic E-state index is 0.00379. The van der Waals surface area contributed by atoms with Gasteiger partial charge in [-0.15, -0.1) is 16.4 Å². The normalized spacial score (nSPS) is 12.0. The summed E-state index contributed by atoms with van der Waals surface area (Å²) in [4.78, 5) is 0.698. The molecular weight excluding hydrogens is 450 g/mol. The maximum atomic E-state index is 9.90. The molecule has 0 aliphatic carbocycles. The number of para-hydroxylation sites is 1. The molecule has 144 valence electrons. The van der Waals surface area contributed by atoms with Gasteiger partial charge in [-0.25, -0.2) is 0 Å². The zero-order valence-corrected chi connectivity index (χ0v) is 17.5. The molecule has 29 heavy (non-hydrogen) atoms. The molecule has 0 atom stereocenters. The standard InChI is InChI=1S/C22H16BrN3O2S/c23-17-9-6-15(7-10-17)20-14-29-22(26(20)18-4-2-1-3-5-18)25-24-13-16-8-11-19(27)12-21(16)28/h1-14,27-28H/b24-13+,25-22+. The van der Waals surface area contributed by atoms with Gasteiger partial charge in [0.05, 0.1) is 11.9 Å². The number of halogens is 1. The Morgan fingerprint density at radius 3 is 2.41 bits per heavy atom. The molecule has 0 fully saturated rings. The predicted octanol–water partition coefficient (Wildman–Crippen LogP) is 5.31. The number of phenols is 2. The van der Waals surface area contributed by atoms with Crippen LogP contribution < -0.4 is 4.80 Å². The SMILES string of the molecule is Oc1ccc(/C=N/N=c2/scc(-c3ccc(Br)cc3)n2-c2ccccc2)c(O)c1. The van der Waals surface area contributed by atoms with E-state index in [9.17, 15) is 10.2 Å². The lowest BCUT2D eigenvalue weighted by molar-refractivity contribution is 0.450. The molecule has 0 saturated carbocycles. The summed E-state index contributed by atoms with van der Waals surface area (Å²) in [5.74, 6) is -0.0579. The van der Waals surface area contributed by atoms with Crippen LogP contribution in [0.5, 0.6) is 11.5 Å². The molecule has 0 bridgehead atoms. The molecule has 0 aliphatic rings. The quantitative estimate of drug-likeness (QED) is 0.316. The molecule has 5 nitrogen and oxygen atoms in total. The lowest BCUT2D eigenvalue weighted by Crippen LogP contribution is -2.13. The van der Waals surface area contributed by atoms with Crippen molar-refractivity contribution >= 4 is 33.5 Å². The molecule has 3 aromatic carbocycles. The molecule has 2 N–H and O–H groups in total. The van der Waals surface area contributed by atoms with Crippen LogP contribution in [0.4, 0.5) is 0 Å². The first-order chi connectivity index (χ1) is 14.1. The monoisotopic (exact) mass is 465 g/mol. The Hall–Kier alpha value is -3.16. The lowest BCUT2D eigenvalue weighted by atomic mass is 10.1. The Morgan fingerprint density at radius 1 is 0.931 bits per heavy atom. The van der Waals surface area contributed by atoms with E-state index >= 15 is 0 Å². The second-order valence-corrected chi connectivity index (χ2v) is 7.92. The number of hydrogen-bond donors (Lipinski definition) is 2. The van der Waals surface area contributed by atoms with Gasteiger partial charge in [0.1, 0.15) is 11.5 Å². The molecule has 4 aromatic rings. The van der Waals surface area contributed by atoms with E-state index in [1.165, 1.54) is 29.7 Å². The van der Waals surface area contributed by atoms with Crippen molar-refractivity contribution in [1.82, 2.24) is 4.57 Å². The molecular formula is C22H16BrN3O2S. The fraction of sp³-hybridized carbons (Fsp3) is 0. The highest BCUT2D eigenvalue weighted by molar-refractivity contribution is 9.10. The van der Waals surface area contributed by atoms with Gasteiger partial charge in [-0.3, -0.25) is 4.57 Å². The Balaban J connectivity index is 1.80. The fourth-order valence-corrected chi connectivity index (χ4v) is 3.94. The number of phenolic OH excluding ortho intramolecular Hbond substituents is 2. The van der Waals surface area contributed by atoms with Crippen molar-refractivity contribution in [3.8, 4) is 28.4 Å². The highest BCUT2D eigenvalue weighted by atomic mass is 79.9. The van der Waals surface area contributed by atoms with Crippen LogP contribution in [0, 0.1) is 0 Å². The Kier molecular flexibility index (Phi) is 5.59. The van der Waals surface area contributed by atoms with E-state index in [0.29, 0.717) is 10.4 Å². The van der Waals surface area contributed by atoms with Gasteiger partial charge in [0.2, 0.25) is 4.80 Å². The highest BCUT2D eigenvalue weighted by Gasteiger charge is 2.10. The molecule has 0 spiro atoms. The van der Waals surface area contributed by atoms with E-state index in [-0.39, 0.29) is 11.5 Å². The first-order valence-corrected chi connectivity index (χ1v) is 10.4. The molecule has 0 saturated heterocycles. The van der Waals surface area contributed by atoms with Crippen LogP contribution in [0.3, 0.4) is 0 Å². The maximum absolute atomic E-state index is 9.90. The van der Waals surface area contributed by atoms with E-state index < -0.39 is 0 Å². The zero-order chi connectivity index (χ0) is 20.2. The largest absolute Gasteiger partial charge is 0.508 e. The summed E-state index contributed by atoms with van der Waals surface area (Å²) in [7, 11) is 0. The van der Waals surface area contributed by atoms with Crippen molar-refractivity contribution in [1.29, 1.82) is 0 Å². The molecule has 0 amide bonds. The van der Waals surface area contributed by atoms with E-state index in [0.717, 1.165) is 21.4 Å². The van der Waals surface area contributed by atoms with E-state index in [1.54, 1.807) is 6.07 Å². The highest BCUT2D eigenvalue weighted by Crippen LogP contribution is 2.25. The number of thiazole rings is 1. The second kappa shape index (κ2) is 8.46. The van der Waals surface area contributed by atoms with Gasteiger partial charge in [-0.1, -0.05) is 46.3 Å². The van der Waals surface area contributed by atoms with E-state index in [1.807, 2.05) is 64.5 Å². The average Bonchev–Trinajstić information content (AvgIpc) is 3.15. The number of nitrogens with zero attached hydrogens (tertiary/aromatic N) is 3. The van der Waals surface area contributed by atoms with Gasteiger partial charge in [-0.05, 0) is 42.0 Å². The van der Waals surface area contributed by atoms with Gasteiger partial charge < -0.3 is 10.2 Å². The van der Waals surface area contributed by atoms with Crippen LogP contribution in [0.15, 0.2) is 92.9 Å². The van der Waals surface area contributed by atoms with E-state index in [4.69, 9.17) is 0 Å². The molecule has 4 rings (SSSR count). The molecule has 1 aromatic heterocycles. The third kappa shape index (κ3) is 4.31. The topological polar surface area (TPSA) is 70.1 Å². The number of rotatable bonds is 4. The minimum Gasteiger partial charge on any atom is -0.508 e. The molecule has 1 heterocycles. The maximum Gasteiger partial charge on any atom is 0.215 e. The molecule has 7 heteroatoms. The first-order valence-electron chi connectivity index (χ1n) is 8.73. The summed E-state index contributed by atoms with van der Waals surface area (Å²) in [6.45, 7) is 0. The summed E-state index contributed by atoms with van der Waals surface area (Å²) < 4.78 is 3.06. The van der Waals surface area contributed by atoms with Crippen molar-refractivity contribution in [3.05, 3.63) is 93.0 Å². The van der Waals surface area contributed by atoms with Crippen LogP contribution in [0.1, 0.15) is 5.56 Å². The van der Waals surface area contributed by atoms with Gasteiger partial charge >= 0.3 is 0 Å². The van der Waals surface area contributed by atoms with Gasteiger partial charge in [0, 0.05) is 27.2 Å². The summed E-state index contributed by atoms with van der Waals surface area (Å²) >= 11 is 4.96. The minimum atomic E-state index is -0.0541. The van der Waals surface area contributed by atoms with E-state index in [2.05, 4.69) is 26.1 Å². The summed E-state index contributed by atoms with van der Waals surface area (Å²) in [5.41, 5.74) is 3.53. The van der Waals surface area contributed by atoms with Crippen LogP contribution >= 0.6 is 27.3 Å². The Labute approximate surface area is 179 Å². The third-order valence-electron chi connectivity index (χ3n) is 4.22. The summed E-state index contributed by atoms with van der Waals surface area (Å²) in [6, 6.07) is 22.4. The van der Waals surface area contributed by atoms with Crippen LogP contribution in [-0.2, 0) is 0 Å². The number of aromatic hydroxyl groups is 2. The lowest BCUT2D eigenvalue weighted by Gasteiger charge is -2.09. The van der Waals surface area contributed by atoms with Crippen LogP contribution in [-0.4, -0.2) is 21.0 Å². The molecule has 0 radical (unpaired) electrons. The molecule has 0 aliphatic heterocycles. The van der Waals surface area contributed by atoms with Crippen molar-refractivity contribution in [2.45, 2.75) is 0 Å². The smallest absolute Gasteiger partial charge is 0.215 e.